The Labute approximate surface area is 182 Å². The summed E-state index contributed by atoms with van der Waals surface area (Å²) < 4.78 is 0. The molecule has 0 aliphatic carbocycles. The molecule has 2 aromatic carbocycles. The molecular weight excluding hydrogens is 396 g/mol. The third-order valence-corrected chi connectivity index (χ3v) is 5.51. The number of benzene rings is 2. The predicted octanol–water partition coefficient (Wildman–Crippen LogP) is 3.55. The molecule has 1 fully saturated rings. The maximum absolute atomic E-state index is 12.7. The van der Waals surface area contributed by atoms with E-state index >= 15 is 0 Å². The van der Waals surface area contributed by atoms with Gasteiger partial charge in [0.05, 0.1) is 11.5 Å². The number of carbonyl (C=O) groups is 2. The van der Waals surface area contributed by atoms with Crippen LogP contribution < -0.4 is 5.32 Å². The molecule has 0 aromatic heterocycles. The first-order valence-corrected chi connectivity index (χ1v) is 10.6. The molecule has 0 unspecified atom stereocenters. The molecule has 3 rings (SSSR count). The minimum Gasteiger partial charge on any atom is -0.339 e. The topological polar surface area (TPSA) is 95.8 Å². The second kappa shape index (κ2) is 10.7. The van der Waals surface area contributed by atoms with E-state index in [1.165, 1.54) is 24.3 Å². The van der Waals surface area contributed by atoms with Gasteiger partial charge in [0.2, 0.25) is 5.91 Å². The van der Waals surface area contributed by atoms with Crippen LogP contribution in [0.3, 0.4) is 0 Å². The highest BCUT2D eigenvalue weighted by atomic mass is 16.6. The highest BCUT2D eigenvalue weighted by Crippen LogP contribution is 2.20. The summed E-state index contributed by atoms with van der Waals surface area (Å²) in [7, 11) is 0. The fraction of sp³-hybridized carbons (Fsp3) is 0.391. The summed E-state index contributed by atoms with van der Waals surface area (Å²) in [6.07, 6.45) is 2.57. The lowest BCUT2D eigenvalue weighted by Crippen LogP contribution is -2.49. The number of nitrogens with one attached hydrogen (secondary N) is 1. The Kier molecular flexibility index (Phi) is 7.72. The number of piperidine rings is 1. The third kappa shape index (κ3) is 6.11. The van der Waals surface area contributed by atoms with E-state index in [1.54, 1.807) is 0 Å². The normalized spacial score (nSPS) is 14.5. The largest absolute Gasteiger partial charge is 0.339 e. The molecule has 0 atom stereocenters. The van der Waals surface area contributed by atoms with Gasteiger partial charge >= 0.3 is 0 Å². The lowest BCUT2D eigenvalue weighted by molar-refractivity contribution is -0.384. The molecule has 1 N–H and O–H groups in total. The highest BCUT2D eigenvalue weighted by molar-refractivity contribution is 5.94. The van der Waals surface area contributed by atoms with E-state index in [0.29, 0.717) is 24.3 Å². The molecule has 1 heterocycles. The van der Waals surface area contributed by atoms with Crippen molar-refractivity contribution < 1.29 is 14.5 Å². The van der Waals surface area contributed by atoms with Crippen molar-refractivity contribution in [1.29, 1.82) is 0 Å². The summed E-state index contributed by atoms with van der Waals surface area (Å²) in [6.45, 7) is 4.47. The number of carbonyl (C=O) groups excluding carboxylic acids is 2. The van der Waals surface area contributed by atoms with Gasteiger partial charge in [-0.2, -0.15) is 0 Å². The fourth-order valence-electron chi connectivity index (χ4n) is 3.93. The molecule has 8 heteroatoms. The Morgan fingerprint density at radius 3 is 2.32 bits per heavy atom. The molecule has 1 aliphatic heterocycles. The zero-order chi connectivity index (χ0) is 22.2. The summed E-state index contributed by atoms with van der Waals surface area (Å²) in [4.78, 5) is 39.6. The molecule has 164 valence electrons. The highest BCUT2D eigenvalue weighted by Gasteiger charge is 2.28. The van der Waals surface area contributed by atoms with Gasteiger partial charge in [0.1, 0.15) is 0 Å². The van der Waals surface area contributed by atoms with Crippen molar-refractivity contribution in [3.05, 3.63) is 70.3 Å². The van der Waals surface area contributed by atoms with Gasteiger partial charge in [-0.25, -0.2) is 0 Å². The maximum atomic E-state index is 12.7. The van der Waals surface area contributed by atoms with Crippen molar-refractivity contribution in [3.8, 4) is 0 Å². The Bertz CT molecular complexity index is 894. The number of non-ortho nitro benzene ring substituents is 1. The van der Waals surface area contributed by atoms with Crippen LogP contribution in [0.4, 0.5) is 11.4 Å². The summed E-state index contributed by atoms with van der Waals surface area (Å²) >= 11 is 0. The van der Waals surface area contributed by atoms with Crippen LogP contribution in [0, 0.1) is 10.1 Å². The van der Waals surface area contributed by atoms with E-state index < -0.39 is 4.92 Å². The van der Waals surface area contributed by atoms with Crippen LogP contribution in [-0.2, 0) is 4.79 Å². The first-order valence-electron chi connectivity index (χ1n) is 10.6. The van der Waals surface area contributed by atoms with Crippen molar-refractivity contribution in [2.45, 2.75) is 32.2 Å². The number of rotatable bonds is 8. The molecule has 0 spiro atoms. The van der Waals surface area contributed by atoms with Crippen LogP contribution in [0.2, 0.25) is 0 Å². The summed E-state index contributed by atoms with van der Waals surface area (Å²) in [6, 6.07) is 15.4. The minimum atomic E-state index is -0.469. The average molecular weight is 425 g/mol. The van der Waals surface area contributed by atoms with Gasteiger partial charge in [-0.15, -0.1) is 0 Å². The van der Waals surface area contributed by atoms with Crippen LogP contribution in [-0.4, -0.2) is 58.8 Å². The van der Waals surface area contributed by atoms with E-state index in [1.807, 2.05) is 35.2 Å². The second-order valence-corrected chi connectivity index (χ2v) is 7.71. The number of hydrogen-bond donors (Lipinski definition) is 1. The number of amides is 2. The number of anilines is 1. The van der Waals surface area contributed by atoms with Gasteiger partial charge in [0.25, 0.3) is 11.6 Å². The van der Waals surface area contributed by atoms with Crippen LogP contribution in [0.15, 0.2) is 54.6 Å². The monoisotopic (exact) mass is 424 g/mol. The van der Waals surface area contributed by atoms with Gasteiger partial charge in [-0.05, 0) is 50.1 Å². The third-order valence-electron chi connectivity index (χ3n) is 5.51. The van der Waals surface area contributed by atoms with Crippen molar-refractivity contribution in [3.63, 3.8) is 0 Å². The van der Waals surface area contributed by atoms with Crippen LogP contribution in [0.1, 0.15) is 36.5 Å². The van der Waals surface area contributed by atoms with E-state index in [-0.39, 0.29) is 30.1 Å². The summed E-state index contributed by atoms with van der Waals surface area (Å²) in [5.74, 6) is -0.0953. The van der Waals surface area contributed by atoms with Crippen molar-refractivity contribution in [2.24, 2.45) is 0 Å². The second-order valence-electron chi connectivity index (χ2n) is 7.71. The van der Waals surface area contributed by atoms with E-state index in [0.717, 1.165) is 25.8 Å². The molecule has 1 saturated heterocycles. The number of hydrogen-bond acceptors (Lipinski definition) is 5. The lowest BCUT2D eigenvalue weighted by Gasteiger charge is -2.38. The molecule has 8 nitrogen and oxygen atoms in total. The molecule has 0 saturated carbocycles. The standard InChI is InChI=1S/C23H28N4O4/c1-2-14-26(17-22(28)24-19-8-10-21(11-9-19)27(30)31)20-12-15-25(16-13-20)23(29)18-6-4-3-5-7-18/h3-11,20H,2,12-17H2,1H3,(H,24,28). The van der Waals surface area contributed by atoms with Gasteiger partial charge in [0, 0.05) is 42.5 Å². The Hall–Kier alpha value is -3.26. The van der Waals surface area contributed by atoms with Crippen LogP contribution >= 0.6 is 0 Å². The average Bonchev–Trinajstić information content (AvgIpc) is 2.79. The lowest BCUT2D eigenvalue weighted by atomic mass is 10.0. The van der Waals surface area contributed by atoms with Gasteiger partial charge < -0.3 is 10.2 Å². The van der Waals surface area contributed by atoms with Crippen LogP contribution in [0.25, 0.3) is 0 Å². The molecule has 2 aromatic rings. The van der Waals surface area contributed by atoms with E-state index in [4.69, 9.17) is 0 Å². The first-order chi connectivity index (χ1) is 15.0. The van der Waals surface area contributed by atoms with Gasteiger partial charge in [-0.1, -0.05) is 25.1 Å². The van der Waals surface area contributed by atoms with Crippen molar-refractivity contribution in [2.75, 3.05) is 31.5 Å². The smallest absolute Gasteiger partial charge is 0.269 e. The zero-order valence-corrected chi connectivity index (χ0v) is 17.7. The van der Waals surface area contributed by atoms with Crippen molar-refractivity contribution >= 4 is 23.2 Å². The Balaban J connectivity index is 1.54. The molecule has 0 radical (unpaired) electrons. The van der Waals surface area contributed by atoms with E-state index in [2.05, 4.69) is 17.1 Å². The van der Waals surface area contributed by atoms with Crippen LogP contribution in [0.5, 0.6) is 0 Å². The Morgan fingerprint density at radius 1 is 1.10 bits per heavy atom. The minimum absolute atomic E-state index is 0.0116. The van der Waals surface area contributed by atoms with Crippen molar-refractivity contribution in [1.82, 2.24) is 9.80 Å². The first kappa shape index (κ1) is 22.4. The molecular formula is C23H28N4O4. The number of nitrogens with zero attached hydrogens (tertiary/aromatic N) is 3. The number of likely N-dealkylation sites (tertiary alicyclic amines) is 1. The molecule has 31 heavy (non-hydrogen) atoms. The zero-order valence-electron chi connectivity index (χ0n) is 17.7. The SMILES string of the molecule is CCCN(CC(=O)Nc1ccc([N+](=O)[O-])cc1)C1CCN(C(=O)c2ccccc2)CC1. The fourth-order valence-corrected chi connectivity index (χ4v) is 3.93. The number of nitro groups is 1. The molecule has 1 aliphatic rings. The summed E-state index contributed by atoms with van der Waals surface area (Å²) in [5, 5.41) is 13.6. The molecule has 0 bridgehead atoms. The Morgan fingerprint density at radius 2 is 1.74 bits per heavy atom. The van der Waals surface area contributed by atoms with Gasteiger partial charge in [-0.3, -0.25) is 24.6 Å². The van der Waals surface area contributed by atoms with Gasteiger partial charge in [0.15, 0.2) is 0 Å². The predicted molar refractivity (Wildman–Crippen MR) is 119 cm³/mol. The van der Waals surface area contributed by atoms with E-state index in [9.17, 15) is 19.7 Å². The summed E-state index contributed by atoms with van der Waals surface area (Å²) in [5.41, 5.74) is 1.23. The quantitative estimate of drug-likeness (QED) is 0.516. The number of nitro benzene ring substituents is 1. The molecule has 2 amide bonds. The maximum Gasteiger partial charge on any atom is 0.269 e.